The standard InChI is InChI=1S/C17H17BrO3/c1-2-19-15-5-3-12(4-6-15)9-13-10-14(18)11-16-17(13)21-8-7-20-16/h3-6,10-11H,2,7-9H2,1H3. The van der Waals surface area contributed by atoms with Gasteiger partial charge in [-0.25, -0.2) is 0 Å². The zero-order valence-corrected chi connectivity index (χ0v) is 13.5. The maximum absolute atomic E-state index is 5.77. The molecule has 0 amide bonds. The summed E-state index contributed by atoms with van der Waals surface area (Å²) in [6.07, 6.45) is 0.803. The molecule has 0 unspecified atom stereocenters. The Morgan fingerprint density at radius 3 is 2.62 bits per heavy atom. The van der Waals surface area contributed by atoms with E-state index in [4.69, 9.17) is 14.2 Å². The Kier molecular flexibility index (Phi) is 4.34. The zero-order valence-electron chi connectivity index (χ0n) is 11.9. The fourth-order valence-electron chi connectivity index (χ4n) is 2.41. The van der Waals surface area contributed by atoms with Gasteiger partial charge in [-0.15, -0.1) is 0 Å². The van der Waals surface area contributed by atoms with E-state index in [0.29, 0.717) is 19.8 Å². The highest BCUT2D eigenvalue weighted by Crippen LogP contribution is 2.38. The van der Waals surface area contributed by atoms with Crippen molar-refractivity contribution in [3.8, 4) is 17.2 Å². The van der Waals surface area contributed by atoms with E-state index in [-0.39, 0.29) is 0 Å². The van der Waals surface area contributed by atoms with E-state index >= 15 is 0 Å². The zero-order chi connectivity index (χ0) is 14.7. The summed E-state index contributed by atoms with van der Waals surface area (Å²) in [6.45, 7) is 3.87. The minimum atomic E-state index is 0.602. The van der Waals surface area contributed by atoms with Gasteiger partial charge in [0.1, 0.15) is 19.0 Å². The van der Waals surface area contributed by atoms with Crippen molar-refractivity contribution in [2.45, 2.75) is 13.3 Å². The van der Waals surface area contributed by atoms with Gasteiger partial charge in [-0.2, -0.15) is 0 Å². The lowest BCUT2D eigenvalue weighted by atomic mass is 10.0. The monoisotopic (exact) mass is 348 g/mol. The predicted octanol–water partition coefficient (Wildman–Crippen LogP) is 4.21. The van der Waals surface area contributed by atoms with E-state index in [0.717, 1.165) is 33.7 Å². The number of ether oxygens (including phenoxy) is 3. The molecule has 21 heavy (non-hydrogen) atoms. The van der Waals surface area contributed by atoms with E-state index in [2.05, 4.69) is 34.1 Å². The summed E-state index contributed by atoms with van der Waals surface area (Å²) < 4.78 is 17.9. The average molecular weight is 349 g/mol. The molecule has 0 fully saturated rings. The van der Waals surface area contributed by atoms with Crippen molar-refractivity contribution in [1.29, 1.82) is 0 Å². The van der Waals surface area contributed by atoms with Gasteiger partial charge < -0.3 is 14.2 Å². The summed E-state index contributed by atoms with van der Waals surface area (Å²) >= 11 is 3.53. The van der Waals surface area contributed by atoms with Crippen LogP contribution < -0.4 is 14.2 Å². The molecule has 2 aromatic carbocycles. The van der Waals surface area contributed by atoms with Crippen LogP contribution in [0.3, 0.4) is 0 Å². The highest BCUT2D eigenvalue weighted by Gasteiger charge is 2.17. The summed E-state index contributed by atoms with van der Waals surface area (Å²) in [7, 11) is 0. The van der Waals surface area contributed by atoms with Crippen LogP contribution in [-0.2, 0) is 6.42 Å². The Bertz CT molecular complexity index is 623. The van der Waals surface area contributed by atoms with Gasteiger partial charge in [-0.3, -0.25) is 0 Å². The Balaban J connectivity index is 1.85. The molecule has 4 heteroatoms. The van der Waals surface area contributed by atoms with Gasteiger partial charge in [0.15, 0.2) is 11.5 Å². The van der Waals surface area contributed by atoms with Crippen molar-refractivity contribution >= 4 is 15.9 Å². The number of hydrogen-bond acceptors (Lipinski definition) is 3. The van der Waals surface area contributed by atoms with Crippen molar-refractivity contribution in [3.05, 3.63) is 52.0 Å². The molecular formula is C17H17BrO3. The first kappa shape index (κ1) is 14.3. The Morgan fingerprint density at radius 2 is 1.86 bits per heavy atom. The SMILES string of the molecule is CCOc1ccc(Cc2cc(Br)cc3c2OCCO3)cc1. The molecule has 3 rings (SSSR count). The third-order valence-corrected chi connectivity index (χ3v) is 3.77. The first-order valence-electron chi connectivity index (χ1n) is 7.06. The molecule has 1 aliphatic rings. The summed E-state index contributed by atoms with van der Waals surface area (Å²) in [5.41, 5.74) is 2.34. The van der Waals surface area contributed by atoms with E-state index in [9.17, 15) is 0 Å². The van der Waals surface area contributed by atoms with Gasteiger partial charge in [0.2, 0.25) is 0 Å². The first-order valence-corrected chi connectivity index (χ1v) is 7.85. The third-order valence-electron chi connectivity index (χ3n) is 3.31. The fraction of sp³-hybridized carbons (Fsp3) is 0.294. The lowest BCUT2D eigenvalue weighted by Gasteiger charge is -2.21. The lowest BCUT2D eigenvalue weighted by Crippen LogP contribution is -2.16. The number of fused-ring (bicyclic) bond motifs is 1. The molecule has 0 spiro atoms. The van der Waals surface area contributed by atoms with Crippen LogP contribution in [0.1, 0.15) is 18.1 Å². The second-order valence-electron chi connectivity index (χ2n) is 4.84. The summed E-state index contributed by atoms with van der Waals surface area (Å²) in [5.74, 6) is 2.58. The number of benzene rings is 2. The third kappa shape index (κ3) is 3.32. The number of rotatable bonds is 4. The molecule has 0 N–H and O–H groups in total. The van der Waals surface area contributed by atoms with Crippen LogP contribution in [0.2, 0.25) is 0 Å². The van der Waals surface area contributed by atoms with E-state index in [1.807, 2.05) is 25.1 Å². The Hall–Kier alpha value is -1.68. The van der Waals surface area contributed by atoms with Crippen molar-refractivity contribution in [3.63, 3.8) is 0 Å². The molecule has 0 bridgehead atoms. The van der Waals surface area contributed by atoms with E-state index in [1.54, 1.807) is 0 Å². The first-order chi connectivity index (χ1) is 10.3. The van der Waals surface area contributed by atoms with Gasteiger partial charge in [0, 0.05) is 16.5 Å². The van der Waals surface area contributed by atoms with Gasteiger partial charge in [-0.1, -0.05) is 28.1 Å². The number of halogens is 1. The highest BCUT2D eigenvalue weighted by molar-refractivity contribution is 9.10. The highest BCUT2D eigenvalue weighted by atomic mass is 79.9. The molecule has 3 nitrogen and oxygen atoms in total. The van der Waals surface area contributed by atoms with Crippen molar-refractivity contribution in [2.75, 3.05) is 19.8 Å². The van der Waals surface area contributed by atoms with Crippen molar-refractivity contribution < 1.29 is 14.2 Å². The van der Waals surface area contributed by atoms with E-state index < -0.39 is 0 Å². The van der Waals surface area contributed by atoms with Crippen LogP contribution in [0.25, 0.3) is 0 Å². The maximum Gasteiger partial charge on any atom is 0.164 e. The minimum Gasteiger partial charge on any atom is -0.494 e. The van der Waals surface area contributed by atoms with Crippen LogP contribution in [0.5, 0.6) is 17.2 Å². The van der Waals surface area contributed by atoms with Gasteiger partial charge >= 0.3 is 0 Å². The van der Waals surface area contributed by atoms with Crippen LogP contribution in [0.4, 0.5) is 0 Å². The molecule has 1 heterocycles. The molecule has 110 valence electrons. The van der Waals surface area contributed by atoms with Crippen LogP contribution in [0, 0.1) is 0 Å². The molecule has 0 aromatic heterocycles. The second kappa shape index (κ2) is 6.39. The van der Waals surface area contributed by atoms with E-state index in [1.165, 1.54) is 5.56 Å². The van der Waals surface area contributed by atoms with Gasteiger partial charge in [0.05, 0.1) is 6.61 Å². The van der Waals surface area contributed by atoms with Crippen LogP contribution in [0.15, 0.2) is 40.9 Å². The molecule has 0 atom stereocenters. The van der Waals surface area contributed by atoms with Crippen molar-refractivity contribution in [2.24, 2.45) is 0 Å². The fourth-order valence-corrected chi connectivity index (χ4v) is 2.89. The van der Waals surface area contributed by atoms with Crippen LogP contribution >= 0.6 is 15.9 Å². The quantitative estimate of drug-likeness (QED) is 0.828. The Labute approximate surface area is 133 Å². The topological polar surface area (TPSA) is 27.7 Å². The largest absolute Gasteiger partial charge is 0.494 e. The average Bonchev–Trinajstić information content (AvgIpc) is 2.49. The normalized spacial score (nSPS) is 13.0. The minimum absolute atomic E-state index is 0.602. The number of hydrogen-bond donors (Lipinski definition) is 0. The summed E-state index contributed by atoms with van der Waals surface area (Å²) in [6, 6.07) is 12.2. The molecular weight excluding hydrogens is 332 g/mol. The summed E-state index contributed by atoms with van der Waals surface area (Å²) in [4.78, 5) is 0. The Morgan fingerprint density at radius 1 is 1.10 bits per heavy atom. The molecule has 0 aliphatic carbocycles. The van der Waals surface area contributed by atoms with Gasteiger partial charge in [-0.05, 0) is 36.8 Å². The molecule has 0 radical (unpaired) electrons. The van der Waals surface area contributed by atoms with Gasteiger partial charge in [0.25, 0.3) is 0 Å². The van der Waals surface area contributed by atoms with Crippen molar-refractivity contribution in [1.82, 2.24) is 0 Å². The molecule has 2 aromatic rings. The van der Waals surface area contributed by atoms with Crippen LogP contribution in [-0.4, -0.2) is 19.8 Å². The lowest BCUT2D eigenvalue weighted by molar-refractivity contribution is 0.170. The summed E-state index contributed by atoms with van der Waals surface area (Å²) in [5, 5.41) is 0. The molecule has 0 saturated heterocycles. The molecule has 0 saturated carbocycles. The second-order valence-corrected chi connectivity index (χ2v) is 5.76. The maximum atomic E-state index is 5.77. The molecule has 1 aliphatic heterocycles. The smallest absolute Gasteiger partial charge is 0.164 e. The predicted molar refractivity (Wildman–Crippen MR) is 85.5 cm³/mol.